The molecule has 0 aliphatic carbocycles. The minimum atomic E-state index is -0.991. The summed E-state index contributed by atoms with van der Waals surface area (Å²) in [6.45, 7) is 6.31. The van der Waals surface area contributed by atoms with E-state index in [2.05, 4.69) is 26.8 Å². The Bertz CT molecular complexity index is 1140. The van der Waals surface area contributed by atoms with Crippen LogP contribution in [0.3, 0.4) is 0 Å². The van der Waals surface area contributed by atoms with Crippen LogP contribution in [0.5, 0.6) is 0 Å². The van der Waals surface area contributed by atoms with Crippen LogP contribution in [0.4, 0.5) is 0 Å². The lowest BCUT2D eigenvalue weighted by atomic mass is 9.79. The molecule has 0 atom stereocenters. The minimum Gasteiger partial charge on any atom is -0.478 e. The van der Waals surface area contributed by atoms with Crippen molar-refractivity contribution in [3.8, 4) is 22.3 Å². The molecule has 3 rings (SSSR count). The van der Waals surface area contributed by atoms with Crippen molar-refractivity contribution < 1.29 is 19.8 Å². The fourth-order valence-electron chi connectivity index (χ4n) is 4.46. The fourth-order valence-corrected chi connectivity index (χ4v) is 4.46. The first-order valence-corrected chi connectivity index (χ1v) is 11.3. The highest BCUT2D eigenvalue weighted by atomic mass is 16.4. The van der Waals surface area contributed by atoms with E-state index in [1.807, 2.05) is 24.3 Å². The number of benzene rings is 3. The number of carboxylic acids is 2. The molecule has 4 nitrogen and oxygen atoms in total. The van der Waals surface area contributed by atoms with Gasteiger partial charge in [-0.3, -0.25) is 0 Å². The number of carbonyl (C=O) groups is 2. The second kappa shape index (κ2) is 10.3. The van der Waals surface area contributed by atoms with Crippen LogP contribution in [-0.4, -0.2) is 22.2 Å². The van der Waals surface area contributed by atoms with E-state index in [1.165, 1.54) is 5.56 Å². The fraction of sp³-hybridized carbons (Fsp3) is 0.286. The van der Waals surface area contributed by atoms with E-state index >= 15 is 0 Å². The van der Waals surface area contributed by atoms with Gasteiger partial charge in [-0.1, -0.05) is 69.7 Å². The summed E-state index contributed by atoms with van der Waals surface area (Å²) in [5.74, 6) is -1.98. The Hall–Kier alpha value is -3.40. The summed E-state index contributed by atoms with van der Waals surface area (Å²) in [4.78, 5) is 24.3. The topological polar surface area (TPSA) is 74.6 Å². The van der Waals surface area contributed by atoms with Gasteiger partial charge in [0, 0.05) is 0 Å². The lowest BCUT2D eigenvalue weighted by Crippen LogP contribution is -2.09. The maximum atomic E-state index is 12.2. The van der Waals surface area contributed by atoms with Gasteiger partial charge in [0.15, 0.2) is 0 Å². The molecule has 0 saturated heterocycles. The molecule has 4 heteroatoms. The Balaban J connectivity index is 2.55. The SMILES string of the molecule is CCCCc1c(CC)cc(CC)c(-c2ccccc2C(=O)O)c1-c1ccccc1C(=O)O. The van der Waals surface area contributed by atoms with Crippen molar-refractivity contribution in [3.63, 3.8) is 0 Å². The zero-order chi connectivity index (χ0) is 23.3. The van der Waals surface area contributed by atoms with Gasteiger partial charge in [-0.15, -0.1) is 0 Å². The summed E-state index contributed by atoms with van der Waals surface area (Å²) in [6.07, 6.45) is 4.34. The van der Waals surface area contributed by atoms with Crippen molar-refractivity contribution in [2.45, 2.75) is 52.9 Å². The standard InChI is InChI=1S/C28H30O4/c1-4-7-12-20-18(5-2)17-19(6-3)25(21-13-8-10-15-23(21)27(29)30)26(20)22-14-9-11-16-24(22)28(31)32/h8-11,13-17H,4-7,12H2,1-3H3,(H,29,30)(H,31,32). The monoisotopic (exact) mass is 430 g/mol. The zero-order valence-electron chi connectivity index (χ0n) is 18.9. The maximum Gasteiger partial charge on any atom is 0.336 e. The predicted molar refractivity (Wildman–Crippen MR) is 129 cm³/mol. The van der Waals surface area contributed by atoms with Crippen LogP contribution in [0.2, 0.25) is 0 Å². The van der Waals surface area contributed by atoms with Gasteiger partial charge in [0.05, 0.1) is 11.1 Å². The van der Waals surface area contributed by atoms with Gasteiger partial charge in [-0.05, 0) is 76.8 Å². The van der Waals surface area contributed by atoms with Crippen LogP contribution in [0.1, 0.15) is 71.0 Å². The Morgan fingerprint density at radius 1 is 0.719 bits per heavy atom. The third kappa shape index (κ3) is 4.45. The number of carboxylic acid groups (broad SMARTS) is 2. The molecule has 0 heterocycles. The number of aromatic carboxylic acids is 2. The normalized spacial score (nSPS) is 10.8. The third-order valence-corrected chi connectivity index (χ3v) is 6.00. The number of unbranched alkanes of at least 4 members (excludes halogenated alkanes) is 1. The van der Waals surface area contributed by atoms with E-state index in [1.54, 1.807) is 24.3 Å². The highest BCUT2D eigenvalue weighted by molar-refractivity contribution is 6.04. The molecule has 0 unspecified atom stereocenters. The van der Waals surface area contributed by atoms with Crippen LogP contribution in [-0.2, 0) is 19.3 Å². The molecular weight excluding hydrogens is 400 g/mol. The largest absolute Gasteiger partial charge is 0.478 e. The molecule has 0 aliphatic heterocycles. The van der Waals surface area contributed by atoms with E-state index in [9.17, 15) is 19.8 Å². The summed E-state index contributed by atoms with van der Waals surface area (Å²) in [5, 5.41) is 19.9. The highest BCUT2D eigenvalue weighted by Gasteiger charge is 2.25. The molecular formula is C28H30O4. The number of hydrogen-bond donors (Lipinski definition) is 2. The van der Waals surface area contributed by atoms with Gasteiger partial charge in [-0.2, -0.15) is 0 Å². The van der Waals surface area contributed by atoms with E-state index in [-0.39, 0.29) is 11.1 Å². The molecule has 0 fully saturated rings. The first kappa shape index (κ1) is 23.3. The highest BCUT2D eigenvalue weighted by Crippen LogP contribution is 2.43. The van der Waals surface area contributed by atoms with Gasteiger partial charge in [0.1, 0.15) is 0 Å². The lowest BCUT2D eigenvalue weighted by Gasteiger charge is -2.24. The molecule has 3 aromatic carbocycles. The van der Waals surface area contributed by atoms with Crippen molar-refractivity contribution in [1.29, 1.82) is 0 Å². The average molecular weight is 431 g/mol. The van der Waals surface area contributed by atoms with E-state index < -0.39 is 11.9 Å². The lowest BCUT2D eigenvalue weighted by molar-refractivity contribution is 0.0686. The van der Waals surface area contributed by atoms with Gasteiger partial charge < -0.3 is 10.2 Å². The molecule has 0 radical (unpaired) electrons. The first-order valence-electron chi connectivity index (χ1n) is 11.3. The van der Waals surface area contributed by atoms with E-state index in [0.29, 0.717) is 17.5 Å². The quantitative estimate of drug-likeness (QED) is 0.388. The second-order valence-corrected chi connectivity index (χ2v) is 7.94. The molecule has 0 amide bonds. The van der Waals surface area contributed by atoms with Crippen LogP contribution >= 0.6 is 0 Å². The van der Waals surface area contributed by atoms with Crippen molar-refractivity contribution in [2.24, 2.45) is 0 Å². The van der Waals surface area contributed by atoms with Crippen molar-refractivity contribution in [1.82, 2.24) is 0 Å². The molecule has 0 aromatic heterocycles. The molecule has 3 aromatic rings. The van der Waals surface area contributed by atoms with Crippen LogP contribution in [0.15, 0.2) is 54.6 Å². The number of aryl methyl sites for hydroxylation is 2. The molecule has 166 valence electrons. The number of hydrogen-bond acceptors (Lipinski definition) is 2. The predicted octanol–water partition coefficient (Wildman–Crippen LogP) is 6.88. The van der Waals surface area contributed by atoms with Gasteiger partial charge in [-0.25, -0.2) is 9.59 Å². The average Bonchev–Trinajstić information content (AvgIpc) is 2.81. The first-order chi connectivity index (χ1) is 15.4. The molecule has 0 spiro atoms. The van der Waals surface area contributed by atoms with Crippen molar-refractivity contribution in [2.75, 3.05) is 0 Å². The molecule has 0 saturated carbocycles. The third-order valence-electron chi connectivity index (χ3n) is 6.00. The van der Waals surface area contributed by atoms with Gasteiger partial charge in [0.2, 0.25) is 0 Å². The second-order valence-electron chi connectivity index (χ2n) is 7.94. The summed E-state index contributed by atoms with van der Waals surface area (Å²) >= 11 is 0. The van der Waals surface area contributed by atoms with Crippen LogP contribution in [0.25, 0.3) is 22.3 Å². The Morgan fingerprint density at radius 3 is 1.69 bits per heavy atom. The van der Waals surface area contributed by atoms with Crippen molar-refractivity contribution in [3.05, 3.63) is 82.4 Å². The van der Waals surface area contributed by atoms with Crippen LogP contribution in [0, 0.1) is 0 Å². The smallest absolute Gasteiger partial charge is 0.336 e. The molecule has 2 N–H and O–H groups in total. The summed E-state index contributed by atoms with van der Waals surface area (Å²) in [5.41, 5.74) is 6.78. The summed E-state index contributed by atoms with van der Waals surface area (Å²) in [7, 11) is 0. The van der Waals surface area contributed by atoms with Gasteiger partial charge in [0.25, 0.3) is 0 Å². The molecule has 0 bridgehead atoms. The van der Waals surface area contributed by atoms with Gasteiger partial charge >= 0.3 is 11.9 Å². The van der Waals surface area contributed by atoms with E-state index in [4.69, 9.17) is 0 Å². The van der Waals surface area contributed by atoms with Crippen LogP contribution < -0.4 is 0 Å². The number of rotatable bonds is 9. The zero-order valence-corrected chi connectivity index (χ0v) is 18.9. The summed E-state index contributed by atoms with van der Waals surface area (Å²) in [6, 6.07) is 16.2. The van der Waals surface area contributed by atoms with Crippen molar-refractivity contribution >= 4 is 11.9 Å². The summed E-state index contributed by atoms with van der Waals surface area (Å²) < 4.78 is 0. The Labute approximate surface area is 189 Å². The molecule has 32 heavy (non-hydrogen) atoms. The van der Waals surface area contributed by atoms with E-state index in [0.717, 1.165) is 47.9 Å². The minimum absolute atomic E-state index is 0.224. The Morgan fingerprint density at radius 2 is 1.22 bits per heavy atom. The Kier molecular flexibility index (Phi) is 7.47. The maximum absolute atomic E-state index is 12.2. The molecule has 0 aliphatic rings.